The van der Waals surface area contributed by atoms with E-state index in [1.807, 2.05) is 0 Å². The first-order valence-corrected chi connectivity index (χ1v) is 8.23. The van der Waals surface area contributed by atoms with Gasteiger partial charge in [0.25, 0.3) is 5.69 Å². The van der Waals surface area contributed by atoms with Crippen LogP contribution in [-0.4, -0.2) is 10.7 Å². The first-order chi connectivity index (χ1) is 13.4. The van der Waals surface area contributed by atoms with E-state index in [0.717, 1.165) is 12.1 Å². The van der Waals surface area contributed by atoms with Crippen molar-refractivity contribution < 1.29 is 23.2 Å². The molecule has 0 saturated heterocycles. The standard InChI is InChI=1S/C20H12F2N2O4/c21-12-1-6-18(17(22)8-12)23-13-2-4-16-19(9-13)28-10-11-7-14(24(26)27)3-5-15(11)20(16)25/h1-9,23H,10H2. The van der Waals surface area contributed by atoms with Crippen LogP contribution in [-0.2, 0) is 6.61 Å². The maximum absolute atomic E-state index is 13.8. The van der Waals surface area contributed by atoms with Gasteiger partial charge in [0.15, 0.2) is 5.78 Å². The summed E-state index contributed by atoms with van der Waals surface area (Å²) in [6.07, 6.45) is 0. The number of benzene rings is 3. The molecule has 0 radical (unpaired) electrons. The van der Waals surface area contributed by atoms with Crippen molar-refractivity contribution >= 4 is 22.8 Å². The summed E-state index contributed by atoms with van der Waals surface area (Å²) in [6, 6.07) is 11.8. The molecule has 1 heterocycles. The zero-order valence-electron chi connectivity index (χ0n) is 14.2. The van der Waals surface area contributed by atoms with Crippen molar-refractivity contribution in [1.29, 1.82) is 0 Å². The van der Waals surface area contributed by atoms with Gasteiger partial charge in [-0.15, -0.1) is 0 Å². The highest BCUT2D eigenvalue weighted by atomic mass is 19.1. The second-order valence-electron chi connectivity index (χ2n) is 6.18. The number of nitro benzene ring substituents is 1. The number of anilines is 2. The predicted molar refractivity (Wildman–Crippen MR) is 96.9 cm³/mol. The number of nitrogens with zero attached hydrogens (tertiary/aromatic N) is 1. The van der Waals surface area contributed by atoms with E-state index in [1.165, 1.54) is 36.4 Å². The van der Waals surface area contributed by atoms with E-state index in [4.69, 9.17) is 4.74 Å². The van der Waals surface area contributed by atoms with Crippen LogP contribution in [0.25, 0.3) is 0 Å². The zero-order chi connectivity index (χ0) is 19.8. The molecule has 0 fully saturated rings. The molecule has 6 nitrogen and oxygen atoms in total. The highest BCUT2D eigenvalue weighted by molar-refractivity contribution is 6.12. The van der Waals surface area contributed by atoms with Crippen LogP contribution in [0.15, 0.2) is 54.6 Å². The molecule has 28 heavy (non-hydrogen) atoms. The van der Waals surface area contributed by atoms with Gasteiger partial charge in [0.05, 0.1) is 16.2 Å². The molecule has 0 aromatic heterocycles. The lowest BCUT2D eigenvalue weighted by Gasteiger charge is -2.11. The van der Waals surface area contributed by atoms with Gasteiger partial charge in [0, 0.05) is 41.1 Å². The van der Waals surface area contributed by atoms with Crippen molar-refractivity contribution in [2.24, 2.45) is 0 Å². The Kier molecular flexibility index (Phi) is 4.23. The van der Waals surface area contributed by atoms with Crippen molar-refractivity contribution in [3.63, 3.8) is 0 Å². The molecule has 8 heteroatoms. The number of hydrogen-bond donors (Lipinski definition) is 1. The number of ether oxygens (including phenoxy) is 1. The van der Waals surface area contributed by atoms with Gasteiger partial charge in [-0.3, -0.25) is 14.9 Å². The van der Waals surface area contributed by atoms with E-state index in [-0.39, 0.29) is 35.1 Å². The highest BCUT2D eigenvalue weighted by Crippen LogP contribution is 2.33. The minimum Gasteiger partial charge on any atom is -0.488 e. The summed E-state index contributed by atoms with van der Waals surface area (Å²) in [6.45, 7) is -0.0237. The molecule has 0 amide bonds. The van der Waals surface area contributed by atoms with Gasteiger partial charge in [0.1, 0.15) is 24.0 Å². The topological polar surface area (TPSA) is 81.5 Å². The van der Waals surface area contributed by atoms with Gasteiger partial charge >= 0.3 is 0 Å². The van der Waals surface area contributed by atoms with Crippen molar-refractivity contribution in [3.05, 3.63) is 93.0 Å². The highest BCUT2D eigenvalue weighted by Gasteiger charge is 2.24. The Bertz CT molecular complexity index is 1130. The van der Waals surface area contributed by atoms with Crippen molar-refractivity contribution in [2.45, 2.75) is 6.61 Å². The lowest BCUT2D eigenvalue weighted by Crippen LogP contribution is -2.04. The Hall–Kier alpha value is -3.81. The number of ketones is 1. The molecule has 4 rings (SSSR count). The number of carbonyl (C=O) groups is 1. The van der Waals surface area contributed by atoms with Crippen LogP contribution in [0.5, 0.6) is 5.75 Å². The second-order valence-corrected chi connectivity index (χ2v) is 6.18. The summed E-state index contributed by atoms with van der Waals surface area (Å²) in [4.78, 5) is 23.2. The Balaban J connectivity index is 1.67. The number of nitro groups is 1. The smallest absolute Gasteiger partial charge is 0.269 e. The number of nitrogens with one attached hydrogen (secondary N) is 1. The molecular weight excluding hydrogens is 370 g/mol. The maximum atomic E-state index is 13.8. The number of carbonyl (C=O) groups excluding carboxylic acids is 1. The van der Waals surface area contributed by atoms with E-state index in [9.17, 15) is 23.7 Å². The predicted octanol–water partition coefficient (Wildman–Crippen LogP) is 4.74. The summed E-state index contributed by atoms with van der Waals surface area (Å²) in [5.41, 5.74) is 1.41. The van der Waals surface area contributed by atoms with Crippen LogP contribution in [0.4, 0.5) is 25.8 Å². The fraction of sp³-hybridized carbons (Fsp3) is 0.0500. The fourth-order valence-electron chi connectivity index (χ4n) is 2.99. The van der Waals surface area contributed by atoms with Crippen LogP contribution >= 0.6 is 0 Å². The molecule has 0 bridgehead atoms. The lowest BCUT2D eigenvalue weighted by molar-refractivity contribution is -0.384. The molecule has 1 N–H and O–H groups in total. The molecule has 3 aromatic rings. The molecule has 140 valence electrons. The number of hydrogen-bond acceptors (Lipinski definition) is 5. The van der Waals surface area contributed by atoms with Crippen LogP contribution in [0.2, 0.25) is 0 Å². The van der Waals surface area contributed by atoms with Crippen molar-refractivity contribution in [2.75, 3.05) is 5.32 Å². The van der Waals surface area contributed by atoms with Gasteiger partial charge < -0.3 is 10.1 Å². The quantitative estimate of drug-likeness (QED) is 0.523. The van der Waals surface area contributed by atoms with E-state index >= 15 is 0 Å². The van der Waals surface area contributed by atoms with E-state index in [0.29, 0.717) is 16.8 Å². The van der Waals surface area contributed by atoms with Gasteiger partial charge in [-0.25, -0.2) is 8.78 Å². The first-order valence-electron chi connectivity index (χ1n) is 8.23. The largest absolute Gasteiger partial charge is 0.488 e. The summed E-state index contributed by atoms with van der Waals surface area (Å²) < 4.78 is 32.6. The molecule has 0 aliphatic carbocycles. The molecule has 1 aliphatic rings. The first kappa shape index (κ1) is 17.6. The minimum absolute atomic E-state index is 0.0237. The van der Waals surface area contributed by atoms with E-state index < -0.39 is 16.6 Å². The monoisotopic (exact) mass is 382 g/mol. The minimum atomic E-state index is -0.758. The van der Waals surface area contributed by atoms with Gasteiger partial charge in [-0.2, -0.15) is 0 Å². The third-order valence-electron chi connectivity index (χ3n) is 4.36. The van der Waals surface area contributed by atoms with Crippen LogP contribution < -0.4 is 10.1 Å². The molecule has 0 saturated carbocycles. The number of halogens is 2. The molecule has 0 atom stereocenters. The molecule has 1 aliphatic heterocycles. The Morgan fingerprint density at radius 2 is 1.79 bits per heavy atom. The van der Waals surface area contributed by atoms with Gasteiger partial charge in [-0.05, 0) is 30.3 Å². The third kappa shape index (κ3) is 3.16. The Labute approximate surface area is 157 Å². The lowest BCUT2D eigenvalue weighted by atomic mass is 9.98. The van der Waals surface area contributed by atoms with Gasteiger partial charge in [0.2, 0.25) is 0 Å². The Morgan fingerprint density at radius 1 is 1.00 bits per heavy atom. The van der Waals surface area contributed by atoms with Crippen LogP contribution in [0.3, 0.4) is 0 Å². The van der Waals surface area contributed by atoms with E-state index in [1.54, 1.807) is 6.07 Å². The average molecular weight is 382 g/mol. The molecule has 0 spiro atoms. The van der Waals surface area contributed by atoms with Crippen LogP contribution in [0.1, 0.15) is 21.5 Å². The summed E-state index contributed by atoms with van der Waals surface area (Å²) in [5.74, 6) is -1.51. The van der Waals surface area contributed by atoms with E-state index in [2.05, 4.69) is 5.32 Å². The van der Waals surface area contributed by atoms with Crippen LogP contribution in [0, 0.1) is 21.7 Å². The number of non-ortho nitro benzene ring substituents is 1. The summed E-state index contributed by atoms with van der Waals surface area (Å²) in [7, 11) is 0. The summed E-state index contributed by atoms with van der Waals surface area (Å²) >= 11 is 0. The maximum Gasteiger partial charge on any atom is 0.269 e. The summed E-state index contributed by atoms with van der Waals surface area (Å²) in [5, 5.41) is 13.8. The average Bonchev–Trinajstić information content (AvgIpc) is 2.80. The molecule has 3 aromatic carbocycles. The normalized spacial score (nSPS) is 12.4. The fourth-order valence-corrected chi connectivity index (χ4v) is 2.99. The molecular formula is C20H12F2N2O4. The third-order valence-corrected chi connectivity index (χ3v) is 4.36. The number of rotatable bonds is 3. The SMILES string of the molecule is O=C1c2ccc([N+](=O)[O-])cc2COc2cc(Nc3ccc(F)cc3F)ccc21. The molecule has 0 unspecified atom stereocenters. The second kappa shape index (κ2) is 6.73. The Morgan fingerprint density at radius 3 is 2.54 bits per heavy atom. The van der Waals surface area contributed by atoms with Crippen molar-refractivity contribution in [1.82, 2.24) is 0 Å². The zero-order valence-corrected chi connectivity index (χ0v) is 14.2. The van der Waals surface area contributed by atoms with Gasteiger partial charge in [-0.1, -0.05) is 0 Å². The number of fused-ring (bicyclic) bond motifs is 2. The van der Waals surface area contributed by atoms with Crippen molar-refractivity contribution in [3.8, 4) is 5.75 Å².